The molecule has 2 N–H and O–H groups in total. The van der Waals surface area contributed by atoms with E-state index >= 15 is 0 Å². The summed E-state index contributed by atoms with van der Waals surface area (Å²) in [6.07, 6.45) is 1.45. The number of carbonyl (C=O) groups is 1. The minimum atomic E-state index is -0.987. The highest BCUT2D eigenvalue weighted by Crippen LogP contribution is 2.20. The Morgan fingerprint density at radius 1 is 1.56 bits per heavy atom. The molecule has 0 radical (unpaired) electrons. The van der Waals surface area contributed by atoms with Crippen molar-refractivity contribution in [2.75, 3.05) is 18.6 Å². The molecule has 0 fully saturated rings. The normalized spacial score (nSPS) is 11.2. The van der Waals surface area contributed by atoms with Crippen LogP contribution in [0.5, 0.6) is 0 Å². The van der Waals surface area contributed by atoms with Crippen LogP contribution in [0, 0.1) is 0 Å². The highest BCUT2D eigenvalue weighted by Gasteiger charge is 2.24. The largest absolute Gasteiger partial charge is 0.478 e. The lowest BCUT2D eigenvalue weighted by Gasteiger charge is -2.34. The lowest BCUT2D eigenvalue weighted by Crippen LogP contribution is -2.44. The minimum Gasteiger partial charge on any atom is -0.478 e. The summed E-state index contributed by atoms with van der Waals surface area (Å²) < 4.78 is 0. The van der Waals surface area contributed by atoms with E-state index in [0.29, 0.717) is 5.82 Å². The molecule has 0 aliphatic carbocycles. The van der Waals surface area contributed by atoms with Crippen LogP contribution in [0.1, 0.15) is 24.2 Å². The van der Waals surface area contributed by atoms with Gasteiger partial charge in [-0.1, -0.05) is 0 Å². The van der Waals surface area contributed by atoms with Crippen LogP contribution in [0.4, 0.5) is 5.82 Å². The van der Waals surface area contributed by atoms with Crippen LogP contribution in [-0.4, -0.2) is 40.4 Å². The Kier molecular flexibility index (Phi) is 3.49. The number of carboxylic acid groups (broad SMARTS) is 1. The van der Waals surface area contributed by atoms with Gasteiger partial charge in [-0.15, -0.1) is 0 Å². The number of hydrogen-bond acceptors (Lipinski definition) is 4. The Balaban J connectivity index is 3.05. The Labute approximate surface area is 94.4 Å². The molecule has 1 aromatic heterocycles. The van der Waals surface area contributed by atoms with Gasteiger partial charge in [0.25, 0.3) is 0 Å². The number of hydrogen-bond donors (Lipinski definition) is 2. The molecule has 0 saturated heterocycles. The van der Waals surface area contributed by atoms with Gasteiger partial charge in [-0.05, 0) is 26.0 Å². The molecule has 0 aliphatic heterocycles. The molecule has 0 spiro atoms. The lowest BCUT2D eigenvalue weighted by molar-refractivity contribution is 0.0696. The van der Waals surface area contributed by atoms with Crippen molar-refractivity contribution in [1.29, 1.82) is 0 Å². The van der Waals surface area contributed by atoms with E-state index in [9.17, 15) is 9.90 Å². The molecule has 0 amide bonds. The van der Waals surface area contributed by atoms with Gasteiger partial charge < -0.3 is 15.1 Å². The molecule has 16 heavy (non-hydrogen) atoms. The number of aliphatic hydroxyl groups excluding tert-OH is 1. The third-order valence-corrected chi connectivity index (χ3v) is 2.63. The molecule has 1 rings (SSSR count). The van der Waals surface area contributed by atoms with Gasteiger partial charge in [0, 0.05) is 13.2 Å². The molecular formula is C11H16N2O3. The van der Waals surface area contributed by atoms with E-state index in [-0.39, 0.29) is 12.2 Å². The fourth-order valence-electron chi connectivity index (χ4n) is 1.15. The van der Waals surface area contributed by atoms with Crippen LogP contribution in [-0.2, 0) is 0 Å². The second-order valence-corrected chi connectivity index (χ2v) is 4.24. The molecule has 0 unspecified atom stereocenters. The predicted molar refractivity (Wildman–Crippen MR) is 60.8 cm³/mol. The van der Waals surface area contributed by atoms with Crippen molar-refractivity contribution >= 4 is 11.8 Å². The zero-order chi connectivity index (χ0) is 12.3. The number of likely N-dealkylation sites (N-methyl/N-ethyl adjacent to an activating group) is 1. The molecule has 0 aromatic carbocycles. The summed E-state index contributed by atoms with van der Waals surface area (Å²) >= 11 is 0. The third-order valence-electron chi connectivity index (χ3n) is 2.63. The Morgan fingerprint density at radius 2 is 2.19 bits per heavy atom. The molecule has 5 heteroatoms. The first-order chi connectivity index (χ1) is 7.38. The number of aromatic nitrogens is 1. The molecule has 1 aromatic rings. The topological polar surface area (TPSA) is 73.7 Å². The number of pyridine rings is 1. The fourth-order valence-corrected chi connectivity index (χ4v) is 1.15. The Bertz CT molecular complexity index is 391. The lowest BCUT2D eigenvalue weighted by atomic mass is 10.1. The maximum Gasteiger partial charge on any atom is 0.335 e. The van der Waals surface area contributed by atoms with Crippen LogP contribution in [0.3, 0.4) is 0 Å². The summed E-state index contributed by atoms with van der Waals surface area (Å²) in [7, 11) is 1.77. The first kappa shape index (κ1) is 12.4. The molecule has 0 atom stereocenters. The highest BCUT2D eigenvalue weighted by molar-refractivity contribution is 5.88. The second-order valence-electron chi connectivity index (χ2n) is 4.24. The average Bonchev–Trinajstić information content (AvgIpc) is 2.28. The molecule has 0 aliphatic rings. The fraction of sp³-hybridized carbons (Fsp3) is 0.455. The number of aromatic carboxylic acids is 1. The summed E-state index contributed by atoms with van der Waals surface area (Å²) in [6, 6.07) is 2.92. The standard InChI is InChI=1S/C11H16N2O3/c1-11(2,7-14)13(3)9-6-8(10(15)16)4-5-12-9/h4-6,14H,7H2,1-3H3,(H,15,16). The van der Waals surface area contributed by atoms with Crippen molar-refractivity contribution < 1.29 is 15.0 Å². The zero-order valence-corrected chi connectivity index (χ0v) is 9.64. The first-order valence-corrected chi connectivity index (χ1v) is 4.92. The second kappa shape index (κ2) is 4.49. The summed E-state index contributed by atoms with van der Waals surface area (Å²) in [5, 5.41) is 18.1. The minimum absolute atomic E-state index is 0.0392. The van der Waals surface area contributed by atoms with Gasteiger partial charge in [-0.3, -0.25) is 0 Å². The molecule has 1 heterocycles. The van der Waals surface area contributed by atoms with E-state index in [1.807, 2.05) is 13.8 Å². The third kappa shape index (κ3) is 2.49. The van der Waals surface area contributed by atoms with Gasteiger partial charge >= 0.3 is 5.97 Å². The summed E-state index contributed by atoms with van der Waals surface area (Å²) in [5.41, 5.74) is -0.296. The predicted octanol–water partition coefficient (Wildman–Crippen LogP) is 0.987. The van der Waals surface area contributed by atoms with Gasteiger partial charge in [0.15, 0.2) is 0 Å². The van der Waals surface area contributed by atoms with E-state index in [2.05, 4.69) is 4.98 Å². The zero-order valence-electron chi connectivity index (χ0n) is 9.64. The molecule has 0 saturated carbocycles. The molecular weight excluding hydrogens is 208 g/mol. The van der Waals surface area contributed by atoms with Gasteiger partial charge in [0.1, 0.15) is 5.82 Å². The van der Waals surface area contributed by atoms with E-state index < -0.39 is 11.5 Å². The average molecular weight is 224 g/mol. The molecule has 88 valence electrons. The first-order valence-electron chi connectivity index (χ1n) is 4.92. The van der Waals surface area contributed by atoms with Crippen molar-refractivity contribution in [3.8, 4) is 0 Å². The van der Waals surface area contributed by atoms with E-state index in [1.165, 1.54) is 18.3 Å². The van der Waals surface area contributed by atoms with Crippen LogP contribution < -0.4 is 4.90 Å². The molecule has 5 nitrogen and oxygen atoms in total. The van der Waals surface area contributed by atoms with E-state index in [4.69, 9.17) is 5.11 Å². The van der Waals surface area contributed by atoms with Crippen LogP contribution in [0.15, 0.2) is 18.3 Å². The summed E-state index contributed by atoms with van der Waals surface area (Å²) in [4.78, 5) is 16.6. The molecule has 0 bridgehead atoms. The van der Waals surface area contributed by atoms with Crippen molar-refractivity contribution in [1.82, 2.24) is 4.98 Å². The van der Waals surface area contributed by atoms with Gasteiger partial charge in [-0.25, -0.2) is 9.78 Å². The summed E-state index contributed by atoms with van der Waals surface area (Å²) in [5.74, 6) is -0.460. The number of rotatable bonds is 4. The number of aliphatic hydroxyl groups is 1. The maximum absolute atomic E-state index is 10.8. The smallest absolute Gasteiger partial charge is 0.335 e. The van der Waals surface area contributed by atoms with Crippen molar-refractivity contribution in [3.63, 3.8) is 0 Å². The highest BCUT2D eigenvalue weighted by atomic mass is 16.4. The van der Waals surface area contributed by atoms with Gasteiger partial charge in [0.05, 0.1) is 17.7 Å². The van der Waals surface area contributed by atoms with Crippen molar-refractivity contribution in [2.24, 2.45) is 0 Å². The van der Waals surface area contributed by atoms with Gasteiger partial charge in [0.2, 0.25) is 0 Å². The van der Waals surface area contributed by atoms with E-state index in [0.717, 1.165) is 0 Å². The monoisotopic (exact) mass is 224 g/mol. The summed E-state index contributed by atoms with van der Waals surface area (Å²) in [6.45, 7) is 3.66. The van der Waals surface area contributed by atoms with E-state index in [1.54, 1.807) is 11.9 Å². The van der Waals surface area contributed by atoms with Crippen LogP contribution >= 0.6 is 0 Å². The SMILES string of the molecule is CN(c1cc(C(=O)O)ccn1)C(C)(C)CO. The van der Waals surface area contributed by atoms with Crippen LogP contribution in [0.2, 0.25) is 0 Å². The maximum atomic E-state index is 10.8. The number of anilines is 1. The Hall–Kier alpha value is -1.62. The quantitative estimate of drug-likeness (QED) is 0.797. The van der Waals surface area contributed by atoms with Crippen molar-refractivity contribution in [3.05, 3.63) is 23.9 Å². The Morgan fingerprint density at radius 3 is 2.69 bits per heavy atom. The van der Waals surface area contributed by atoms with Gasteiger partial charge in [-0.2, -0.15) is 0 Å². The van der Waals surface area contributed by atoms with Crippen LogP contribution in [0.25, 0.3) is 0 Å². The van der Waals surface area contributed by atoms with Crippen molar-refractivity contribution in [2.45, 2.75) is 19.4 Å². The number of carboxylic acids is 1. The number of nitrogens with zero attached hydrogens (tertiary/aromatic N) is 2.